The zero-order valence-corrected chi connectivity index (χ0v) is 14.7. The Labute approximate surface area is 147 Å². The molecule has 2 aromatic heterocycles. The van der Waals surface area contributed by atoms with Crippen LogP contribution in [0.1, 0.15) is 18.1 Å². The van der Waals surface area contributed by atoms with Gasteiger partial charge >= 0.3 is 0 Å². The summed E-state index contributed by atoms with van der Waals surface area (Å²) < 4.78 is 1.87. The summed E-state index contributed by atoms with van der Waals surface area (Å²) in [7, 11) is 1.96. The Morgan fingerprint density at radius 2 is 1.92 bits per heavy atom. The average Bonchev–Trinajstić information content (AvgIpc) is 2.95. The van der Waals surface area contributed by atoms with E-state index in [4.69, 9.17) is 11.6 Å². The molecule has 0 atom stereocenters. The number of aryl methyl sites for hydroxylation is 1. The predicted octanol–water partition coefficient (Wildman–Crippen LogP) is 4.16. The normalized spacial score (nSPS) is 11.2. The van der Waals surface area contributed by atoms with Gasteiger partial charge in [-0.25, -0.2) is 0 Å². The number of halogens is 1. The number of pyridine rings is 1. The van der Waals surface area contributed by atoms with Crippen molar-refractivity contribution in [2.45, 2.75) is 20.0 Å². The number of nitrogens with zero attached hydrogens (tertiary/aromatic N) is 4. The summed E-state index contributed by atoms with van der Waals surface area (Å²) in [5.41, 5.74) is 4.52. The van der Waals surface area contributed by atoms with E-state index in [2.05, 4.69) is 46.3 Å². The number of aromatic nitrogens is 3. The summed E-state index contributed by atoms with van der Waals surface area (Å²) >= 11 is 6.14. The van der Waals surface area contributed by atoms with Crippen LogP contribution < -0.4 is 0 Å². The smallest absolute Gasteiger partial charge is 0.0968 e. The van der Waals surface area contributed by atoms with Crippen molar-refractivity contribution in [1.82, 2.24) is 19.7 Å². The minimum absolute atomic E-state index is 0.730. The second-order valence-electron chi connectivity index (χ2n) is 5.85. The Kier molecular flexibility index (Phi) is 5.28. The molecule has 0 aliphatic heterocycles. The van der Waals surface area contributed by atoms with Crippen LogP contribution in [0.25, 0.3) is 11.3 Å². The van der Waals surface area contributed by atoms with E-state index < -0.39 is 0 Å². The monoisotopic (exact) mass is 340 g/mol. The topological polar surface area (TPSA) is 34.0 Å². The molecule has 1 aromatic carbocycles. The van der Waals surface area contributed by atoms with Crippen LogP contribution in [0.5, 0.6) is 0 Å². The summed E-state index contributed by atoms with van der Waals surface area (Å²) in [6.07, 6.45) is 5.76. The molecule has 0 saturated carbocycles. The van der Waals surface area contributed by atoms with Gasteiger partial charge in [-0.1, -0.05) is 30.7 Å². The highest BCUT2D eigenvalue weighted by atomic mass is 35.5. The van der Waals surface area contributed by atoms with Crippen molar-refractivity contribution >= 4 is 11.6 Å². The molecule has 0 bridgehead atoms. The maximum Gasteiger partial charge on any atom is 0.0968 e. The summed E-state index contributed by atoms with van der Waals surface area (Å²) in [6, 6.07) is 12.0. The van der Waals surface area contributed by atoms with Gasteiger partial charge in [0.25, 0.3) is 0 Å². The van der Waals surface area contributed by atoms with Gasteiger partial charge in [-0.15, -0.1) is 0 Å². The van der Waals surface area contributed by atoms with E-state index in [1.165, 1.54) is 11.1 Å². The molecule has 0 aliphatic rings. The van der Waals surface area contributed by atoms with Gasteiger partial charge in [0.1, 0.15) is 0 Å². The van der Waals surface area contributed by atoms with Gasteiger partial charge in [-0.3, -0.25) is 14.6 Å². The fourth-order valence-electron chi connectivity index (χ4n) is 2.80. The summed E-state index contributed by atoms with van der Waals surface area (Å²) in [5, 5.41) is 5.37. The van der Waals surface area contributed by atoms with Crippen molar-refractivity contribution in [2.24, 2.45) is 7.05 Å². The Morgan fingerprint density at radius 3 is 2.62 bits per heavy atom. The Bertz CT molecular complexity index is 798. The fourth-order valence-corrected chi connectivity index (χ4v) is 2.99. The number of benzene rings is 1. The predicted molar refractivity (Wildman–Crippen MR) is 97.7 cm³/mol. The fraction of sp³-hybridized carbons (Fsp3) is 0.263. The summed E-state index contributed by atoms with van der Waals surface area (Å²) in [4.78, 5) is 6.47. The number of hydrogen-bond acceptors (Lipinski definition) is 3. The van der Waals surface area contributed by atoms with Crippen LogP contribution in [0.4, 0.5) is 0 Å². The Balaban J connectivity index is 1.84. The molecule has 0 unspecified atom stereocenters. The van der Waals surface area contributed by atoms with Crippen molar-refractivity contribution in [1.29, 1.82) is 0 Å². The van der Waals surface area contributed by atoms with Crippen molar-refractivity contribution in [2.75, 3.05) is 6.54 Å². The van der Waals surface area contributed by atoms with Crippen LogP contribution in [0, 0.1) is 0 Å². The van der Waals surface area contributed by atoms with Crippen LogP contribution in [-0.2, 0) is 20.1 Å². The molecule has 3 rings (SSSR count). The SMILES string of the molecule is CCN(Cc1ccncc1)Cc1cn(C)nc1-c1cccc(Cl)c1. The molecule has 0 N–H and O–H groups in total. The molecule has 0 aliphatic carbocycles. The third kappa shape index (κ3) is 4.02. The second kappa shape index (κ2) is 7.60. The lowest BCUT2D eigenvalue weighted by Crippen LogP contribution is -2.22. The van der Waals surface area contributed by atoms with Gasteiger partial charge in [-0.05, 0) is 36.4 Å². The maximum atomic E-state index is 6.14. The first-order chi connectivity index (χ1) is 11.7. The lowest BCUT2D eigenvalue weighted by atomic mass is 10.1. The quantitative estimate of drug-likeness (QED) is 0.675. The standard InChI is InChI=1S/C19H21ClN4/c1-3-24(12-15-7-9-21-10-8-15)14-17-13-23(2)22-19(17)16-5-4-6-18(20)11-16/h4-11,13H,3,12,14H2,1-2H3. The van der Waals surface area contributed by atoms with Gasteiger partial charge in [0.05, 0.1) is 5.69 Å². The molecule has 2 heterocycles. The Hall–Kier alpha value is -2.17. The average molecular weight is 341 g/mol. The van der Waals surface area contributed by atoms with Crippen LogP contribution in [0.2, 0.25) is 5.02 Å². The molecule has 0 spiro atoms. The molecule has 3 aromatic rings. The Morgan fingerprint density at radius 1 is 1.12 bits per heavy atom. The lowest BCUT2D eigenvalue weighted by Gasteiger charge is -2.20. The van der Waals surface area contributed by atoms with E-state index in [9.17, 15) is 0 Å². The first kappa shape index (κ1) is 16.7. The lowest BCUT2D eigenvalue weighted by molar-refractivity contribution is 0.271. The molecule has 5 heteroatoms. The summed E-state index contributed by atoms with van der Waals surface area (Å²) in [6.45, 7) is 4.88. The third-order valence-electron chi connectivity index (χ3n) is 4.00. The van der Waals surface area contributed by atoms with Gasteiger partial charge < -0.3 is 0 Å². The van der Waals surface area contributed by atoms with Crippen LogP contribution in [0.3, 0.4) is 0 Å². The van der Waals surface area contributed by atoms with Crippen LogP contribution in [-0.4, -0.2) is 26.2 Å². The van der Waals surface area contributed by atoms with Gasteiger partial charge in [0.2, 0.25) is 0 Å². The number of rotatable bonds is 6. The van der Waals surface area contributed by atoms with Gasteiger partial charge in [0.15, 0.2) is 0 Å². The molecular formula is C19H21ClN4. The minimum Gasteiger partial charge on any atom is -0.295 e. The van der Waals surface area contributed by atoms with Gasteiger partial charge in [-0.2, -0.15) is 5.10 Å². The van der Waals surface area contributed by atoms with E-state index in [1.807, 2.05) is 42.3 Å². The van der Waals surface area contributed by atoms with Crippen molar-refractivity contribution < 1.29 is 0 Å². The van der Waals surface area contributed by atoms with Crippen LogP contribution in [0.15, 0.2) is 55.0 Å². The third-order valence-corrected chi connectivity index (χ3v) is 4.23. The van der Waals surface area contributed by atoms with Crippen molar-refractivity contribution in [3.63, 3.8) is 0 Å². The van der Waals surface area contributed by atoms with E-state index >= 15 is 0 Å². The summed E-state index contributed by atoms with van der Waals surface area (Å²) in [5.74, 6) is 0. The molecule has 0 saturated heterocycles. The van der Waals surface area contributed by atoms with E-state index in [0.29, 0.717) is 0 Å². The van der Waals surface area contributed by atoms with E-state index in [-0.39, 0.29) is 0 Å². The first-order valence-corrected chi connectivity index (χ1v) is 8.43. The van der Waals surface area contributed by atoms with Crippen molar-refractivity contribution in [3.05, 3.63) is 71.1 Å². The zero-order chi connectivity index (χ0) is 16.9. The molecule has 0 radical (unpaired) electrons. The van der Waals surface area contributed by atoms with Crippen molar-refractivity contribution in [3.8, 4) is 11.3 Å². The molecular weight excluding hydrogens is 320 g/mol. The molecule has 124 valence electrons. The minimum atomic E-state index is 0.730. The maximum absolute atomic E-state index is 6.14. The van der Waals surface area contributed by atoms with Gasteiger partial charge in [0, 0.05) is 54.9 Å². The second-order valence-corrected chi connectivity index (χ2v) is 6.28. The van der Waals surface area contributed by atoms with Crippen LogP contribution >= 0.6 is 11.6 Å². The molecule has 24 heavy (non-hydrogen) atoms. The molecule has 0 amide bonds. The highest BCUT2D eigenvalue weighted by Gasteiger charge is 2.14. The molecule has 4 nitrogen and oxygen atoms in total. The highest BCUT2D eigenvalue weighted by molar-refractivity contribution is 6.30. The highest BCUT2D eigenvalue weighted by Crippen LogP contribution is 2.26. The van der Waals surface area contributed by atoms with E-state index in [0.717, 1.165) is 35.9 Å². The zero-order valence-electron chi connectivity index (χ0n) is 14.0. The largest absolute Gasteiger partial charge is 0.295 e. The molecule has 0 fully saturated rings. The number of hydrogen-bond donors (Lipinski definition) is 0. The van der Waals surface area contributed by atoms with E-state index in [1.54, 1.807) is 0 Å². The first-order valence-electron chi connectivity index (χ1n) is 8.05.